The first-order valence-corrected chi connectivity index (χ1v) is 12.3. The molecule has 0 fully saturated rings. The third kappa shape index (κ3) is 4.46. The van der Waals surface area contributed by atoms with Gasteiger partial charge in [-0.3, -0.25) is 9.69 Å². The summed E-state index contributed by atoms with van der Waals surface area (Å²) < 4.78 is 13.3. The first kappa shape index (κ1) is 23.2. The highest BCUT2D eigenvalue weighted by molar-refractivity contribution is 6.07. The Morgan fingerprint density at radius 1 is 0.971 bits per heavy atom. The third-order valence-electron chi connectivity index (χ3n) is 7.22. The van der Waals surface area contributed by atoms with Gasteiger partial charge in [0.15, 0.2) is 11.5 Å². The molecule has 5 rings (SSSR count). The molecule has 4 aromatic rings. The largest absolute Gasteiger partial charge is 0.493 e. The van der Waals surface area contributed by atoms with Crippen LogP contribution in [0.25, 0.3) is 21.8 Å². The van der Waals surface area contributed by atoms with Crippen molar-refractivity contribution >= 4 is 27.7 Å². The fraction of sp³-hybridized carbons (Fsp3) is 0.345. The molecule has 0 radical (unpaired) electrons. The monoisotopic (exact) mass is 471 g/mol. The van der Waals surface area contributed by atoms with Crippen molar-refractivity contribution in [2.24, 2.45) is 0 Å². The van der Waals surface area contributed by atoms with Crippen molar-refractivity contribution in [1.29, 1.82) is 0 Å². The Labute approximate surface area is 206 Å². The molecule has 0 aliphatic carbocycles. The number of methoxy groups -OCH3 is 2. The molecule has 1 amide bonds. The summed E-state index contributed by atoms with van der Waals surface area (Å²) in [5.41, 5.74) is 4.95. The molecule has 2 heterocycles. The van der Waals surface area contributed by atoms with E-state index in [0.29, 0.717) is 13.1 Å². The van der Waals surface area contributed by atoms with Crippen LogP contribution in [0.3, 0.4) is 0 Å². The molecule has 1 aromatic heterocycles. The summed E-state index contributed by atoms with van der Waals surface area (Å²) in [5.74, 6) is 1.56. The van der Waals surface area contributed by atoms with Crippen LogP contribution in [-0.4, -0.2) is 49.2 Å². The Bertz CT molecular complexity index is 1310. The maximum absolute atomic E-state index is 12.8. The molecule has 0 bridgehead atoms. The number of rotatable bonds is 8. The average Bonchev–Trinajstić information content (AvgIpc) is 3.21. The fourth-order valence-corrected chi connectivity index (χ4v) is 5.36. The van der Waals surface area contributed by atoms with E-state index >= 15 is 0 Å². The molecule has 1 aliphatic rings. The SMILES string of the molecule is COc1cc2c(cc1OC)C(C)N(CC(=O)NCCCn1c3ccccc3c3ccccc31)CC2. The number of para-hydroxylation sites is 2. The summed E-state index contributed by atoms with van der Waals surface area (Å²) in [6.45, 7) is 4.91. The van der Waals surface area contributed by atoms with E-state index < -0.39 is 0 Å². The smallest absolute Gasteiger partial charge is 0.234 e. The number of aryl methyl sites for hydroxylation is 1. The second kappa shape index (κ2) is 10.0. The normalized spacial score (nSPS) is 15.8. The first-order valence-electron chi connectivity index (χ1n) is 12.3. The van der Waals surface area contributed by atoms with E-state index in [9.17, 15) is 4.79 Å². The summed E-state index contributed by atoms with van der Waals surface area (Å²) in [4.78, 5) is 15.0. The number of nitrogens with one attached hydrogen (secondary N) is 1. The van der Waals surface area contributed by atoms with E-state index in [1.54, 1.807) is 14.2 Å². The van der Waals surface area contributed by atoms with Crippen molar-refractivity contribution in [3.05, 3.63) is 71.8 Å². The predicted molar refractivity (Wildman–Crippen MR) is 140 cm³/mol. The van der Waals surface area contributed by atoms with E-state index in [1.807, 2.05) is 0 Å². The number of benzene rings is 3. The molecule has 0 saturated heterocycles. The van der Waals surface area contributed by atoms with Crippen molar-refractivity contribution in [3.8, 4) is 11.5 Å². The number of ether oxygens (including phenoxy) is 2. The number of nitrogens with zero attached hydrogens (tertiary/aromatic N) is 2. The number of aromatic nitrogens is 1. The van der Waals surface area contributed by atoms with Gasteiger partial charge in [-0.2, -0.15) is 0 Å². The lowest BCUT2D eigenvalue weighted by Crippen LogP contribution is -2.42. The number of carbonyl (C=O) groups is 1. The highest BCUT2D eigenvalue weighted by Gasteiger charge is 2.27. The van der Waals surface area contributed by atoms with E-state index in [0.717, 1.165) is 37.4 Å². The molecule has 3 aromatic carbocycles. The summed E-state index contributed by atoms with van der Waals surface area (Å²) in [6, 6.07) is 21.3. The maximum Gasteiger partial charge on any atom is 0.234 e. The maximum atomic E-state index is 12.8. The van der Waals surface area contributed by atoms with Crippen LogP contribution in [0.5, 0.6) is 11.5 Å². The van der Waals surface area contributed by atoms with Gasteiger partial charge in [0.05, 0.1) is 20.8 Å². The first-order chi connectivity index (χ1) is 17.1. The van der Waals surface area contributed by atoms with Gasteiger partial charge in [0, 0.05) is 47.5 Å². The Morgan fingerprint density at radius 2 is 1.60 bits per heavy atom. The Kier molecular flexibility index (Phi) is 6.64. The molecular formula is C29H33N3O3. The molecule has 6 heteroatoms. The summed E-state index contributed by atoms with van der Waals surface area (Å²) in [7, 11) is 3.32. The lowest BCUT2D eigenvalue weighted by Gasteiger charge is -2.35. The minimum Gasteiger partial charge on any atom is -0.493 e. The van der Waals surface area contributed by atoms with Crippen LogP contribution in [0.15, 0.2) is 60.7 Å². The minimum atomic E-state index is 0.0722. The second-order valence-corrected chi connectivity index (χ2v) is 9.19. The zero-order chi connectivity index (χ0) is 24.4. The lowest BCUT2D eigenvalue weighted by atomic mass is 9.93. The van der Waals surface area contributed by atoms with Crippen molar-refractivity contribution in [2.75, 3.05) is 33.9 Å². The fourth-order valence-electron chi connectivity index (χ4n) is 5.36. The molecule has 1 unspecified atom stereocenters. The second-order valence-electron chi connectivity index (χ2n) is 9.19. The predicted octanol–water partition coefficient (Wildman–Crippen LogP) is 4.94. The third-order valence-corrected chi connectivity index (χ3v) is 7.22. The summed E-state index contributed by atoms with van der Waals surface area (Å²) in [5, 5.41) is 5.69. The molecule has 35 heavy (non-hydrogen) atoms. The summed E-state index contributed by atoms with van der Waals surface area (Å²) >= 11 is 0. The number of hydrogen-bond acceptors (Lipinski definition) is 4. The van der Waals surface area contributed by atoms with Gasteiger partial charge in [-0.05, 0) is 55.2 Å². The molecule has 0 spiro atoms. The Balaban J connectivity index is 1.19. The van der Waals surface area contributed by atoms with Crippen LogP contribution in [0.2, 0.25) is 0 Å². The van der Waals surface area contributed by atoms with Crippen LogP contribution in [0.1, 0.15) is 30.5 Å². The van der Waals surface area contributed by atoms with E-state index in [2.05, 4.69) is 82.4 Å². The van der Waals surface area contributed by atoms with Crippen molar-refractivity contribution < 1.29 is 14.3 Å². The zero-order valence-electron chi connectivity index (χ0n) is 20.7. The van der Waals surface area contributed by atoms with Gasteiger partial charge in [0.2, 0.25) is 5.91 Å². The molecule has 6 nitrogen and oxygen atoms in total. The van der Waals surface area contributed by atoms with Gasteiger partial charge < -0.3 is 19.4 Å². The van der Waals surface area contributed by atoms with Crippen molar-refractivity contribution in [1.82, 2.24) is 14.8 Å². The highest BCUT2D eigenvalue weighted by Crippen LogP contribution is 2.37. The van der Waals surface area contributed by atoms with Crippen LogP contribution in [0.4, 0.5) is 0 Å². The van der Waals surface area contributed by atoms with Gasteiger partial charge in [-0.25, -0.2) is 0 Å². The van der Waals surface area contributed by atoms with Gasteiger partial charge in [0.25, 0.3) is 0 Å². The molecule has 182 valence electrons. The average molecular weight is 472 g/mol. The van der Waals surface area contributed by atoms with Crippen molar-refractivity contribution in [2.45, 2.75) is 32.4 Å². The standard InChI is InChI=1S/C29H33N3O3/c1-20-24-18-28(35-3)27(34-2)17-21(24)13-16-31(20)19-29(33)30-14-8-15-32-25-11-6-4-9-22(25)23-10-5-7-12-26(23)32/h4-7,9-12,17-18,20H,8,13-16,19H2,1-3H3,(H,30,33). The minimum absolute atomic E-state index is 0.0722. The van der Waals surface area contributed by atoms with Gasteiger partial charge in [-0.1, -0.05) is 36.4 Å². The highest BCUT2D eigenvalue weighted by atomic mass is 16.5. The van der Waals surface area contributed by atoms with E-state index in [1.165, 1.54) is 32.9 Å². The topological polar surface area (TPSA) is 55.7 Å². The van der Waals surface area contributed by atoms with Gasteiger partial charge >= 0.3 is 0 Å². The van der Waals surface area contributed by atoms with Gasteiger partial charge in [-0.15, -0.1) is 0 Å². The number of fused-ring (bicyclic) bond motifs is 4. The number of hydrogen-bond donors (Lipinski definition) is 1. The van der Waals surface area contributed by atoms with Crippen LogP contribution >= 0.6 is 0 Å². The van der Waals surface area contributed by atoms with Crippen LogP contribution in [-0.2, 0) is 17.8 Å². The van der Waals surface area contributed by atoms with Crippen molar-refractivity contribution in [3.63, 3.8) is 0 Å². The van der Waals surface area contributed by atoms with Gasteiger partial charge in [0.1, 0.15) is 0 Å². The van der Waals surface area contributed by atoms with Crippen LogP contribution in [0, 0.1) is 0 Å². The Hall–Kier alpha value is -3.51. The zero-order valence-corrected chi connectivity index (χ0v) is 20.7. The Morgan fingerprint density at radius 3 is 2.26 bits per heavy atom. The molecular weight excluding hydrogens is 438 g/mol. The van der Waals surface area contributed by atoms with E-state index in [4.69, 9.17) is 9.47 Å². The van der Waals surface area contributed by atoms with Crippen LogP contribution < -0.4 is 14.8 Å². The molecule has 1 aliphatic heterocycles. The molecule has 1 atom stereocenters. The molecule has 1 N–H and O–H groups in total. The quantitative estimate of drug-likeness (QED) is 0.370. The lowest BCUT2D eigenvalue weighted by molar-refractivity contribution is -0.122. The summed E-state index contributed by atoms with van der Waals surface area (Å²) in [6.07, 6.45) is 1.77. The van der Waals surface area contributed by atoms with E-state index in [-0.39, 0.29) is 11.9 Å². The number of carbonyl (C=O) groups excluding carboxylic acids is 1. The number of amides is 1. The molecule has 0 saturated carbocycles.